The molecule has 5 heteroatoms. The molecular weight excluding hydrogens is 268 g/mol. The summed E-state index contributed by atoms with van der Waals surface area (Å²) in [5.41, 5.74) is 5.70. The Bertz CT molecular complexity index is 417. The number of thiazole rings is 1. The molecule has 1 aliphatic heterocycles. The highest BCUT2D eigenvalue weighted by Gasteiger charge is 2.27. The summed E-state index contributed by atoms with van der Waals surface area (Å²) in [6.07, 6.45) is 7.59. The zero-order chi connectivity index (χ0) is 13.9. The van der Waals surface area contributed by atoms with Gasteiger partial charge in [0.25, 0.3) is 0 Å². The van der Waals surface area contributed by atoms with Gasteiger partial charge in [0.1, 0.15) is 0 Å². The van der Waals surface area contributed by atoms with E-state index in [0.717, 1.165) is 18.5 Å². The number of hydrogen-bond donors (Lipinski definition) is 1. The zero-order valence-corrected chi connectivity index (χ0v) is 13.2. The highest BCUT2D eigenvalue weighted by atomic mass is 32.1. The molecule has 3 rings (SSSR count). The van der Waals surface area contributed by atoms with Gasteiger partial charge in [-0.3, -0.25) is 9.80 Å². The van der Waals surface area contributed by atoms with Crippen molar-refractivity contribution in [2.24, 2.45) is 5.92 Å². The van der Waals surface area contributed by atoms with E-state index in [1.54, 1.807) is 11.3 Å². The molecule has 0 spiro atoms. The van der Waals surface area contributed by atoms with Crippen molar-refractivity contribution >= 4 is 16.5 Å². The number of nitrogen functional groups attached to an aromatic ring is 1. The van der Waals surface area contributed by atoms with Crippen LogP contribution in [0.4, 0.5) is 5.13 Å². The first kappa shape index (κ1) is 14.3. The van der Waals surface area contributed by atoms with E-state index in [9.17, 15) is 0 Å². The van der Waals surface area contributed by atoms with Crippen LogP contribution in [-0.4, -0.2) is 47.0 Å². The Labute approximate surface area is 126 Å². The average Bonchev–Trinajstić information content (AvgIpc) is 2.86. The maximum Gasteiger partial charge on any atom is 0.180 e. The van der Waals surface area contributed by atoms with Gasteiger partial charge in [0.15, 0.2) is 5.13 Å². The van der Waals surface area contributed by atoms with Gasteiger partial charge in [-0.05, 0) is 31.6 Å². The van der Waals surface area contributed by atoms with Crippen molar-refractivity contribution in [3.63, 3.8) is 0 Å². The molecule has 2 N–H and O–H groups in total. The van der Waals surface area contributed by atoms with E-state index in [-0.39, 0.29) is 0 Å². The number of aromatic nitrogens is 1. The molecule has 1 aromatic rings. The monoisotopic (exact) mass is 294 g/mol. The van der Waals surface area contributed by atoms with Crippen LogP contribution in [0.5, 0.6) is 0 Å². The Morgan fingerprint density at radius 2 is 1.90 bits per heavy atom. The van der Waals surface area contributed by atoms with Crippen molar-refractivity contribution in [3.05, 3.63) is 11.1 Å². The third-order valence-corrected chi connectivity index (χ3v) is 5.67. The largest absolute Gasteiger partial charge is 0.375 e. The van der Waals surface area contributed by atoms with Gasteiger partial charge < -0.3 is 5.73 Å². The van der Waals surface area contributed by atoms with E-state index in [4.69, 9.17) is 5.73 Å². The van der Waals surface area contributed by atoms with Gasteiger partial charge in [-0.2, -0.15) is 0 Å². The van der Waals surface area contributed by atoms with Crippen molar-refractivity contribution in [3.8, 4) is 0 Å². The molecule has 1 aliphatic carbocycles. The van der Waals surface area contributed by atoms with Crippen LogP contribution in [0.15, 0.2) is 6.20 Å². The van der Waals surface area contributed by atoms with Crippen molar-refractivity contribution in [2.45, 2.75) is 45.2 Å². The van der Waals surface area contributed by atoms with Gasteiger partial charge in [0.05, 0.1) is 0 Å². The first-order valence-corrected chi connectivity index (χ1v) is 8.69. The summed E-state index contributed by atoms with van der Waals surface area (Å²) in [4.78, 5) is 10.7. The quantitative estimate of drug-likeness (QED) is 0.930. The van der Waals surface area contributed by atoms with Gasteiger partial charge in [-0.25, -0.2) is 4.98 Å². The summed E-state index contributed by atoms with van der Waals surface area (Å²) in [7, 11) is 0. The maximum absolute atomic E-state index is 5.70. The second-order valence-corrected chi connectivity index (χ2v) is 7.54. The first-order valence-electron chi connectivity index (χ1n) is 7.87. The van der Waals surface area contributed by atoms with Crippen molar-refractivity contribution in [2.75, 3.05) is 31.9 Å². The van der Waals surface area contributed by atoms with E-state index in [1.807, 2.05) is 6.20 Å². The van der Waals surface area contributed by atoms with Crippen LogP contribution in [0.1, 0.15) is 37.5 Å². The maximum atomic E-state index is 5.70. The highest BCUT2D eigenvalue weighted by molar-refractivity contribution is 7.15. The molecule has 2 aliphatic rings. The number of piperazine rings is 1. The van der Waals surface area contributed by atoms with E-state index >= 15 is 0 Å². The second-order valence-electron chi connectivity index (χ2n) is 6.39. The Kier molecular flexibility index (Phi) is 4.58. The Morgan fingerprint density at radius 1 is 1.20 bits per heavy atom. The lowest BCUT2D eigenvalue weighted by atomic mass is 9.86. The molecule has 0 radical (unpaired) electrons. The fourth-order valence-corrected chi connectivity index (χ4v) is 4.24. The van der Waals surface area contributed by atoms with E-state index in [0.29, 0.717) is 5.13 Å². The summed E-state index contributed by atoms with van der Waals surface area (Å²) in [6, 6.07) is 0.854. The van der Waals surface area contributed by atoms with Crippen molar-refractivity contribution in [1.82, 2.24) is 14.8 Å². The third kappa shape index (κ3) is 3.51. The summed E-state index contributed by atoms with van der Waals surface area (Å²) in [5.74, 6) is 0.948. The predicted molar refractivity (Wildman–Crippen MR) is 84.8 cm³/mol. The topological polar surface area (TPSA) is 45.4 Å². The molecule has 0 aromatic carbocycles. The van der Waals surface area contributed by atoms with Gasteiger partial charge in [-0.1, -0.05) is 6.92 Å². The molecule has 1 saturated carbocycles. The standard InChI is InChI=1S/C15H26N4S/c1-12-2-4-13(5-3-12)19-8-6-18(7-9-19)11-14-10-17-15(16)20-14/h10,12-13H,2-9,11H2,1H3,(H2,16,17). The lowest BCUT2D eigenvalue weighted by Crippen LogP contribution is -2.50. The highest BCUT2D eigenvalue weighted by Crippen LogP contribution is 2.28. The molecule has 0 unspecified atom stereocenters. The molecule has 112 valence electrons. The van der Waals surface area contributed by atoms with Crippen LogP contribution in [-0.2, 0) is 6.54 Å². The summed E-state index contributed by atoms with van der Waals surface area (Å²) < 4.78 is 0. The first-order chi connectivity index (χ1) is 9.70. The molecule has 0 bridgehead atoms. The molecular formula is C15H26N4S. The van der Waals surface area contributed by atoms with Gasteiger partial charge in [0.2, 0.25) is 0 Å². The number of nitrogens with two attached hydrogens (primary N) is 1. The predicted octanol–water partition coefficient (Wildman–Crippen LogP) is 2.42. The zero-order valence-electron chi connectivity index (χ0n) is 12.4. The molecule has 2 heterocycles. The molecule has 0 amide bonds. The van der Waals surface area contributed by atoms with Crippen LogP contribution < -0.4 is 5.73 Å². The minimum absolute atomic E-state index is 0.690. The number of nitrogens with zero attached hydrogens (tertiary/aromatic N) is 3. The van der Waals surface area contributed by atoms with E-state index in [2.05, 4.69) is 21.7 Å². The molecule has 20 heavy (non-hydrogen) atoms. The Balaban J connectivity index is 1.45. The van der Waals surface area contributed by atoms with Gasteiger partial charge in [0, 0.05) is 49.8 Å². The Morgan fingerprint density at radius 3 is 2.50 bits per heavy atom. The summed E-state index contributed by atoms with van der Waals surface area (Å²) >= 11 is 1.62. The van der Waals surface area contributed by atoms with Gasteiger partial charge >= 0.3 is 0 Å². The Hall–Kier alpha value is -0.650. The van der Waals surface area contributed by atoms with Gasteiger partial charge in [-0.15, -0.1) is 11.3 Å². The molecule has 4 nitrogen and oxygen atoms in total. The van der Waals surface area contributed by atoms with Crippen LogP contribution in [0.3, 0.4) is 0 Å². The van der Waals surface area contributed by atoms with Crippen molar-refractivity contribution < 1.29 is 0 Å². The van der Waals surface area contributed by atoms with Crippen molar-refractivity contribution in [1.29, 1.82) is 0 Å². The summed E-state index contributed by atoms with van der Waals surface area (Å²) in [5, 5.41) is 0.690. The fraction of sp³-hybridized carbons (Fsp3) is 0.800. The average molecular weight is 294 g/mol. The van der Waals surface area contributed by atoms with Crippen LogP contribution in [0.2, 0.25) is 0 Å². The fourth-order valence-electron chi connectivity index (χ4n) is 3.51. The van der Waals surface area contributed by atoms with Crippen LogP contribution in [0, 0.1) is 5.92 Å². The van der Waals surface area contributed by atoms with Crippen LogP contribution in [0.25, 0.3) is 0 Å². The smallest absolute Gasteiger partial charge is 0.180 e. The number of hydrogen-bond acceptors (Lipinski definition) is 5. The molecule has 1 aromatic heterocycles. The SMILES string of the molecule is CC1CCC(N2CCN(Cc3cnc(N)s3)CC2)CC1. The third-order valence-electron chi connectivity index (χ3n) is 4.86. The number of rotatable bonds is 3. The molecule has 2 fully saturated rings. The van der Waals surface area contributed by atoms with Crippen LogP contribution >= 0.6 is 11.3 Å². The summed E-state index contributed by atoms with van der Waals surface area (Å²) in [6.45, 7) is 8.24. The normalized spacial score (nSPS) is 29.6. The minimum Gasteiger partial charge on any atom is -0.375 e. The second kappa shape index (κ2) is 6.41. The molecule has 1 saturated heterocycles. The van der Waals surface area contributed by atoms with E-state index in [1.165, 1.54) is 56.7 Å². The lowest BCUT2D eigenvalue weighted by molar-refractivity contribution is 0.0693. The van der Waals surface area contributed by atoms with E-state index < -0.39 is 0 Å². The molecule has 0 atom stereocenters. The minimum atomic E-state index is 0.690. The number of anilines is 1. The lowest BCUT2D eigenvalue weighted by Gasteiger charge is -2.41.